The van der Waals surface area contributed by atoms with Gasteiger partial charge in [0.1, 0.15) is 34.7 Å². The largest absolute Gasteiger partial charge is 0.508 e. The summed E-state index contributed by atoms with van der Waals surface area (Å²) in [5, 5.41) is 57.1. The third-order valence-corrected chi connectivity index (χ3v) is 13.2. The molecule has 292 valence electrons. The Morgan fingerprint density at radius 2 is 1.70 bits per heavy atom. The summed E-state index contributed by atoms with van der Waals surface area (Å²) < 4.78 is 12.0. The zero-order chi connectivity index (χ0) is 39.4. The van der Waals surface area contributed by atoms with Crippen molar-refractivity contribution in [3.05, 3.63) is 99.6 Å². The Kier molecular flexibility index (Phi) is 10.1. The van der Waals surface area contributed by atoms with E-state index < -0.39 is 52.9 Å². The Balaban J connectivity index is 1.35. The van der Waals surface area contributed by atoms with Gasteiger partial charge in [0.05, 0.1) is 25.0 Å². The van der Waals surface area contributed by atoms with Crippen molar-refractivity contribution in [2.75, 3.05) is 0 Å². The zero-order valence-electron chi connectivity index (χ0n) is 31.5. The molecule has 0 aromatic heterocycles. The van der Waals surface area contributed by atoms with Crippen molar-refractivity contribution in [2.45, 2.75) is 119 Å². The molecule has 2 aliphatic carbocycles. The van der Waals surface area contributed by atoms with Gasteiger partial charge in [-0.25, -0.2) is 4.79 Å². The lowest BCUT2D eigenvalue weighted by molar-refractivity contribution is -0.170. The number of ketones is 1. The number of esters is 2. The monoisotopic (exact) mass is 760 g/mol. The molecule has 7 atom stereocenters. The SMILES string of the molecule is CC1(O)C2CCC(=O)C(Cc3cccc(c3)C3(CCCC3)C(O)C=C3CC(c4cc(O)cc(CO)c4)C#CC4CC(=O)Oc5cc(O)c(cc54)CC1OC3=O)C2. The molecule has 3 heterocycles. The molecule has 3 aliphatic heterocycles. The molecule has 0 saturated heterocycles. The van der Waals surface area contributed by atoms with Crippen molar-refractivity contribution in [3.63, 3.8) is 0 Å². The molecule has 0 radical (unpaired) electrons. The van der Waals surface area contributed by atoms with E-state index >= 15 is 0 Å². The number of benzene rings is 3. The van der Waals surface area contributed by atoms with Crippen molar-refractivity contribution in [3.8, 4) is 29.1 Å². The van der Waals surface area contributed by atoms with Crippen LogP contribution in [0.2, 0.25) is 0 Å². The molecule has 8 bridgehead atoms. The van der Waals surface area contributed by atoms with Gasteiger partial charge in [0.25, 0.3) is 0 Å². The highest BCUT2D eigenvalue weighted by Crippen LogP contribution is 2.47. The van der Waals surface area contributed by atoms with E-state index in [-0.39, 0.29) is 66.8 Å². The summed E-state index contributed by atoms with van der Waals surface area (Å²) in [5.41, 5.74) is 1.47. The van der Waals surface area contributed by atoms with Crippen LogP contribution >= 0.6 is 0 Å². The van der Waals surface area contributed by atoms with E-state index in [0.717, 1.165) is 24.0 Å². The van der Waals surface area contributed by atoms with Gasteiger partial charge in [0, 0.05) is 47.3 Å². The number of aliphatic hydroxyl groups is 3. The number of fused-ring (bicyclic) bond motifs is 9. The fraction of sp³-hybridized carbons (Fsp3) is 0.457. The molecule has 0 amide bonds. The lowest BCUT2D eigenvalue weighted by Gasteiger charge is -2.42. The number of Topliss-reactive ketones (excluding diaryl/α,β-unsaturated/α-hetero) is 1. The van der Waals surface area contributed by atoms with Crippen LogP contribution in [0.4, 0.5) is 0 Å². The molecule has 8 rings (SSSR count). The quantitative estimate of drug-likeness (QED) is 0.124. The van der Waals surface area contributed by atoms with E-state index in [1.54, 1.807) is 25.1 Å². The maximum absolute atomic E-state index is 14.8. The lowest BCUT2D eigenvalue weighted by Crippen LogP contribution is -2.52. The standard InChI is InChI=1S/C46H48O10/c1-45(54)34-9-10-38(49)31(18-34)13-26-5-4-6-35(15-26)46(11-2-3-12-46)41(51)21-33-17-28(30-14-27(25-47)16-36(48)19-30)7-8-29-23-43(52)55-40-24-39(50)32(20-37(29)40)22-42(45)56-44(33)53/h4-6,14-16,19-21,24,28-29,31,34,41-42,47-48,50-51,54H,2-3,9-13,17-18,22-23,25H2,1H3. The van der Waals surface area contributed by atoms with Gasteiger partial charge in [-0.05, 0) is 103 Å². The predicted molar refractivity (Wildman–Crippen MR) is 205 cm³/mol. The maximum Gasteiger partial charge on any atom is 0.334 e. The molecule has 3 aromatic rings. The molecule has 5 aliphatic rings. The fourth-order valence-electron chi connectivity index (χ4n) is 9.89. The van der Waals surface area contributed by atoms with Crippen LogP contribution in [-0.2, 0) is 44.0 Å². The molecule has 1 spiro atoms. The van der Waals surface area contributed by atoms with Crippen molar-refractivity contribution in [1.29, 1.82) is 0 Å². The molecule has 10 nitrogen and oxygen atoms in total. The van der Waals surface area contributed by atoms with Crippen LogP contribution in [0.1, 0.15) is 110 Å². The molecule has 3 aromatic carbocycles. The molecule has 7 unspecified atom stereocenters. The molecular formula is C46H48O10. The van der Waals surface area contributed by atoms with Crippen LogP contribution in [0.3, 0.4) is 0 Å². The smallest absolute Gasteiger partial charge is 0.334 e. The first kappa shape index (κ1) is 37.9. The fourth-order valence-corrected chi connectivity index (χ4v) is 9.89. The van der Waals surface area contributed by atoms with E-state index in [2.05, 4.69) is 17.9 Å². The predicted octanol–water partition coefficient (Wildman–Crippen LogP) is 5.72. The van der Waals surface area contributed by atoms with Crippen molar-refractivity contribution < 1.29 is 49.4 Å². The van der Waals surface area contributed by atoms with Gasteiger partial charge < -0.3 is 35.0 Å². The van der Waals surface area contributed by atoms with Gasteiger partial charge in [0.2, 0.25) is 0 Å². The average Bonchev–Trinajstić information content (AvgIpc) is 3.68. The first-order valence-corrected chi connectivity index (χ1v) is 19.8. The Labute approximate surface area is 326 Å². The van der Waals surface area contributed by atoms with Crippen LogP contribution in [-0.4, -0.2) is 61.1 Å². The Morgan fingerprint density at radius 3 is 2.48 bits per heavy atom. The first-order valence-electron chi connectivity index (χ1n) is 19.8. The summed E-state index contributed by atoms with van der Waals surface area (Å²) in [5.74, 6) is 2.93. The third-order valence-electron chi connectivity index (χ3n) is 13.2. The summed E-state index contributed by atoms with van der Waals surface area (Å²) in [4.78, 5) is 41.2. The Hall–Kier alpha value is -4.95. The van der Waals surface area contributed by atoms with Gasteiger partial charge in [0.15, 0.2) is 0 Å². The molecule has 56 heavy (non-hydrogen) atoms. The molecule has 5 N–H and O–H groups in total. The van der Waals surface area contributed by atoms with Gasteiger partial charge in [-0.1, -0.05) is 55.0 Å². The number of rotatable bonds is 2. The minimum Gasteiger partial charge on any atom is -0.508 e. The van der Waals surface area contributed by atoms with Gasteiger partial charge >= 0.3 is 11.9 Å². The highest BCUT2D eigenvalue weighted by atomic mass is 16.6. The van der Waals surface area contributed by atoms with Crippen LogP contribution in [0.25, 0.3) is 0 Å². The van der Waals surface area contributed by atoms with E-state index in [1.807, 2.05) is 18.2 Å². The number of hydrogen-bond acceptors (Lipinski definition) is 10. The average molecular weight is 761 g/mol. The van der Waals surface area contributed by atoms with Crippen molar-refractivity contribution >= 4 is 17.7 Å². The summed E-state index contributed by atoms with van der Waals surface area (Å²) in [6.07, 6.45) is 3.54. The second kappa shape index (κ2) is 14.8. The van der Waals surface area contributed by atoms with E-state index in [1.165, 1.54) is 18.2 Å². The second-order valence-corrected chi connectivity index (χ2v) is 16.7. The van der Waals surface area contributed by atoms with Crippen LogP contribution in [0.5, 0.6) is 17.2 Å². The minimum absolute atomic E-state index is 0.0735. The first-order chi connectivity index (χ1) is 26.8. The summed E-state index contributed by atoms with van der Waals surface area (Å²) in [6, 6.07) is 15.7. The van der Waals surface area contributed by atoms with Crippen LogP contribution in [0.15, 0.2) is 66.2 Å². The summed E-state index contributed by atoms with van der Waals surface area (Å²) in [6.45, 7) is 1.27. The van der Waals surface area contributed by atoms with E-state index in [4.69, 9.17) is 9.47 Å². The highest BCUT2D eigenvalue weighted by Gasteiger charge is 2.48. The van der Waals surface area contributed by atoms with Crippen molar-refractivity contribution in [2.24, 2.45) is 11.8 Å². The Bertz CT molecular complexity index is 2170. The molecule has 2 fully saturated rings. The minimum atomic E-state index is -1.67. The van der Waals surface area contributed by atoms with Gasteiger partial charge in [-0.15, -0.1) is 0 Å². The number of aliphatic hydroxyl groups excluding tert-OH is 2. The molecular weight excluding hydrogens is 712 g/mol. The normalized spacial score (nSPS) is 29.9. The Morgan fingerprint density at radius 1 is 0.911 bits per heavy atom. The third kappa shape index (κ3) is 7.13. The summed E-state index contributed by atoms with van der Waals surface area (Å²) >= 11 is 0. The summed E-state index contributed by atoms with van der Waals surface area (Å²) in [7, 11) is 0. The van der Waals surface area contributed by atoms with Crippen LogP contribution in [0, 0.1) is 23.7 Å². The van der Waals surface area contributed by atoms with Crippen molar-refractivity contribution in [1.82, 2.24) is 0 Å². The molecule has 10 heteroatoms. The zero-order valence-corrected chi connectivity index (χ0v) is 31.5. The number of phenolic OH excluding ortho intramolecular Hbond substituents is 2. The number of hydrogen-bond donors (Lipinski definition) is 5. The maximum atomic E-state index is 14.8. The number of phenols is 2. The number of aromatic hydroxyl groups is 2. The highest BCUT2D eigenvalue weighted by molar-refractivity contribution is 5.89. The van der Waals surface area contributed by atoms with E-state index in [0.29, 0.717) is 54.4 Å². The second-order valence-electron chi connectivity index (χ2n) is 16.7. The van der Waals surface area contributed by atoms with Gasteiger partial charge in [-0.3, -0.25) is 9.59 Å². The lowest BCUT2D eigenvalue weighted by atomic mass is 9.68. The molecule has 2 saturated carbocycles. The number of ether oxygens (including phenoxy) is 2. The number of carbonyl (C=O) groups excluding carboxylic acids is 3. The van der Waals surface area contributed by atoms with E-state index in [9.17, 15) is 39.9 Å². The van der Waals surface area contributed by atoms with Gasteiger partial charge in [-0.2, -0.15) is 0 Å². The number of carbonyl (C=O) groups is 3. The topological polar surface area (TPSA) is 171 Å². The van der Waals surface area contributed by atoms with Crippen LogP contribution < -0.4 is 4.74 Å².